The third kappa shape index (κ3) is 5.54. The number of carbonyl (C=O) groups excluding carboxylic acids is 2. The minimum absolute atomic E-state index is 0.0739. The van der Waals surface area contributed by atoms with Gasteiger partial charge in [-0.15, -0.1) is 0 Å². The third-order valence-electron chi connectivity index (χ3n) is 4.93. The Labute approximate surface area is 166 Å². The summed E-state index contributed by atoms with van der Waals surface area (Å²) in [4.78, 5) is 28.7. The van der Waals surface area contributed by atoms with Crippen molar-refractivity contribution in [3.8, 4) is 0 Å². The Morgan fingerprint density at radius 2 is 1.75 bits per heavy atom. The number of nitrogens with zero attached hydrogens (tertiary/aromatic N) is 2. The molecule has 1 aliphatic heterocycles. The van der Waals surface area contributed by atoms with Gasteiger partial charge in [-0.05, 0) is 43.3 Å². The van der Waals surface area contributed by atoms with E-state index >= 15 is 0 Å². The van der Waals surface area contributed by atoms with E-state index in [9.17, 15) is 9.59 Å². The van der Waals surface area contributed by atoms with Crippen molar-refractivity contribution >= 4 is 17.9 Å². The highest BCUT2D eigenvalue weighted by molar-refractivity contribution is 5.94. The molecule has 0 saturated carbocycles. The van der Waals surface area contributed by atoms with Gasteiger partial charge in [-0.1, -0.05) is 42.0 Å². The lowest BCUT2D eigenvalue weighted by Gasteiger charge is -2.32. The number of hydrogen-bond donors (Lipinski definition) is 1. The van der Waals surface area contributed by atoms with Crippen LogP contribution in [-0.2, 0) is 11.3 Å². The van der Waals surface area contributed by atoms with Gasteiger partial charge < -0.3 is 15.1 Å². The molecular formula is C23H27N3O2. The van der Waals surface area contributed by atoms with E-state index in [1.165, 1.54) is 0 Å². The van der Waals surface area contributed by atoms with E-state index in [0.717, 1.165) is 42.9 Å². The van der Waals surface area contributed by atoms with Crippen LogP contribution in [0.1, 0.15) is 27.0 Å². The van der Waals surface area contributed by atoms with Crippen molar-refractivity contribution in [2.45, 2.75) is 13.5 Å². The second-order valence-electron chi connectivity index (χ2n) is 7.26. The molecule has 0 aromatic heterocycles. The molecule has 146 valence electrons. The summed E-state index contributed by atoms with van der Waals surface area (Å²) in [6, 6.07) is 15.5. The van der Waals surface area contributed by atoms with Gasteiger partial charge in [0.2, 0.25) is 5.91 Å². The van der Waals surface area contributed by atoms with Gasteiger partial charge in [-0.2, -0.15) is 0 Å². The molecule has 5 nitrogen and oxygen atoms in total. The lowest BCUT2D eigenvalue weighted by Crippen LogP contribution is -2.47. The van der Waals surface area contributed by atoms with Crippen LogP contribution in [0, 0.1) is 6.92 Å². The van der Waals surface area contributed by atoms with Gasteiger partial charge in [0.25, 0.3) is 5.91 Å². The molecule has 1 saturated heterocycles. The first kappa shape index (κ1) is 19.8. The maximum absolute atomic E-state index is 12.6. The van der Waals surface area contributed by atoms with Gasteiger partial charge in [0, 0.05) is 44.4 Å². The van der Waals surface area contributed by atoms with Crippen molar-refractivity contribution in [2.24, 2.45) is 0 Å². The Morgan fingerprint density at radius 3 is 2.43 bits per heavy atom. The molecule has 0 spiro atoms. The maximum Gasteiger partial charge on any atom is 0.253 e. The molecule has 2 aromatic rings. The average Bonchev–Trinajstić information content (AvgIpc) is 2.71. The van der Waals surface area contributed by atoms with Gasteiger partial charge in [0.15, 0.2) is 0 Å². The Hall–Kier alpha value is -2.92. The van der Waals surface area contributed by atoms with Gasteiger partial charge in [-0.3, -0.25) is 9.59 Å². The van der Waals surface area contributed by atoms with Crippen LogP contribution in [0.2, 0.25) is 0 Å². The Balaban J connectivity index is 1.50. The van der Waals surface area contributed by atoms with Gasteiger partial charge in [0.05, 0.1) is 0 Å². The zero-order valence-electron chi connectivity index (χ0n) is 16.5. The highest BCUT2D eigenvalue weighted by atomic mass is 16.2. The zero-order chi connectivity index (χ0) is 19.9. The number of nitrogens with one attached hydrogen (secondary N) is 1. The zero-order valence-corrected chi connectivity index (χ0v) is 16.5. The highest BCUT2D eigenvalue weighted by Gasteiger charge is 2.20. The van der Waals surface area contributed by atoms with Crippen molar-refractivity contribution in [1.82, 2.24) is 15.1 Å². The van der Waals surface area contributed by atoms with Crippen LogP contribution in [-0.4, -0.2) is 54.8 Å². The summed E-state index contributed by atoms with van der Waals surface area (Å²) in [6.45, 7) is 5.80. The second kappa shape index (κ2) is 9.33. The molecule has 1 aliphatic rings. The van der Waals surface area contributed by atoms with E-state index in [2.05, 4.69) is 17.3 Å². The summed E-state index contributed by atoms with van der Waals surface area (Å²) >= 11 is 0. The van der Waals surface area contributed by atoms with E-state index in [0.29, 0.717) is 12.1 Å². The van der Waals surface area contributed by atoms with Crippen LogP contribution in [0.3, 0.4) is 0 Å². The van der Waals surface area contributed by atoms with Crippen LogP contribution >= 0.6 is 0 Å². The number of carbonyl (C=O) groups is 2. The lowest BCUT2D eigenvalue weighted by atomic mass is 10.1. The maximum atomic E-state index is 12.6. The largest absolute Gasteiger partial charge is 0.348 e. The fourth-order valence-corrected chi connectivity index (χ4v) is 3.15. The van der Waals surface area contributed by atoms with Crippen molar-refractivity contribution in [2.75, 3.05) is 33.2 Å². The van der Waals surface area contributed by atoms with Crippen molar-refractivity contribution in [1.29, 1.82) is 0 Å². The van der Waals surface area contributed by atoms with Crippen molar-refractivity contribution in [3.05, 3.63) is 76.9 Å². The molecule has 1 heterocycles. The molecule has 2 aromatic carbocycles. The number of likely N-dealkylation sites (N-methyl/N-ethyl adjacent to an activating group) is 1. The van der Waals surface area contributed by atoms with Crippen LogP contribution in [0.5, 0.6) is 0 Å². The van der Waals surface area contributed by atoms with Gasteiger partial charge in [-0.25, -0.2) is 0 Å². The third-order valence-corrected chi connectivity index (χ3v) is 4.93. The lowest BCUT2D eigenvalue weighted by molar-refractivity contribution is -0.116. The number of benzene rings is 2. The van der Waals surface area contributed by atoms with Crippen LogP contribution in [0.15, 0.2) is 54.6 Å². The first-order valence-electron chi connectivity index (χ1n) is 9.60. The standard InChI is InChI=1S/C23H27N3O2/c1-18-4-3-5-19(16-18)8-11-22(27)24-17-20-6-9-21(10-7-20)23(28)26-14-12-25(2)13-15-26/h3-11,16H,12-15,17H2,1-2H3,(H,24,27)/b11-8+. The summed E-state index contributed by atoms with van der Waals surface area (Å²) in [5.41, 5.74) is 3.82. The van der Waals surface area contributed by atoms with Crippen LogP contribution in [0.25, 0.3) is 6.08 Å². The topological polar surface area (TPSA) is 52.7 Å². The summed E-state index contributed by atoms with van der Waals surface area (Å²) in [6.07, 6.45) is 3.35. The van der Waals surface area contributed by atoms with E-state index in [1.807, 2.05) is 60.4 Å². The second-order valence-corrected chi connectivity index (χ2v) is 7.26. The Kier molecular flexibility index (Phi) is 6.61. The van der Waals surface area contributed by atoms with Gasteiger partial charge >= 0.3 is 0 Å². The molecule has 28 heavy (non-hydrogen) atoms. The number of hydrogen-bond acceptors (Lipinski definition) is 3. The van der Waals surface area contributed by atoms with E-state index in [-0.39, 0.29) is 11.8 Å². The van der Waals surface area contributed by atoms with Crippen LogP contribution in [0.4, 0.5) is 0 Å². The molecule has 5 heteroatoms. The fraction of sp³-hybridized carbons (Fsp3) is 0.304. The number of piperazine rings is 1. The minimum Gasteiger partial charge on any atom is -0.348 e. The highest BCUT2D eigenvalue weighted by Crippen LogP contribution is 2.10. The number of aryl methyl sites for hydroxylation is 1. The van der Waals surface area contributed by atoms with Crippen molar-refractivity contribution in [3.63, 3.8) is 0 Å². The van der Waals surface area contributed by atoms with E-state index < -0.39 is 0 Å². The summed E-state index contributed by atoms with van der Waals surface area (Å²) in [5, 5.41) is 2.87. The molecule has 0 atom stereocenters. The molecule has 2 amide bonds. The Morgan fingerprint density at radius 1 is 1.04 bits per heavy atom. The first-order chi connectivity index (χ1) is 13.5. The summed E-state index contributed by atoms with van der Waals surface area (Å²) in [5.74, 6) is -0.0659. The van der Waals surface area contributed by atoms with Gasteiger partial charge in [0.1, 0.15) is 0 Å². The molecule has 0 bridgehead atoms. The van der Waals surface area contributed by atoms with Crippen molar-refractivity contribution < 1.29 is 9.59 Å². The number of rotatable bonds is 5. The molecule has 0 aliphatic carbocycles. The quantitative estimate of drug-likeness (QED) is 0.815. The molecule has 0 unspecified atom stereocenters. The average molecular weight is 377 g/mol. The molecule has 3 rings (SSSR count). The summed E-state index contributed by atoms with van der Waals surface area (Å²) in [7, 11) is 2.07. The fourth-order valence-electron chi connectivity index (χ4n) is 3.15. The van der Waals surface area contributed by atoms with Crippen LogP contribution < -0.4 is 5.32 Å². The Bertz CT molecular complexity index is 850. The number of amides is 2. The first-order valence-corrected chi connectivity index (χ1v) is 9.60. The predicted octanol–water partition coefficient (Wildman–Crippen LogP) is 2.71. The van der Waals surface area contributed by atoms with E-state index in [4.69, 9.17) is 0 Å². The molecule has 1 N–H and O–H groups in total. The SMILES string of the molecule is Cc1cccc(/C=C/C(=O)NCc2ccc(C(=O)N3CCN(C)CC3)cc2)c1. The minimum atomic E-state index is -0.140. The van der Waals surface area contributed by atoms with E-state index in [1.54, 1.807) is 12.2 Å². The molecular weight excluding hydrogens is 350 g/mol. The monoisotopic (exact) mass is 377 g/mol. The molecule has 1 fully saturated rings. The molecule has 0 radical (unpaired) electrons. The summed E-state index contributed by atoms with van der Waals surface area (Å²) < 4.78 is 0. The smallest absolute Gasteiger partial charge is 0.253 e. The predicted molar refractivity (Wildman–Crippen MR) is 112 cm³/mol. The normalized spacial score (nSPS) is 15.0.